The summed E-state index contributed by atoms with van der Waals surface area (Å²) in [7, 11) is 0. The second-order valence-corrected chi connectivity index (χ2v) is 3.88. The van der Waals surface area contributed by atoms with Crippen molar-refractivity contribution in [2.75, 3.05) is 0 Å². The summed E-state index contributed by atoms with van der Waals surface area (Å²) in [6.07, 6.45) is 2.14. The lowest BCUT2D eigenvalue weighted by Gasteiger charge is -2.00. The molecule has 0 fully saturated rings. The molecule has 13 heavy (non-hydrogen) atoms. The number of rotatable bonds is 2. The average molecular weight is 193 g/mol. The molecule has 0 saturated carbocycles. The fourth-order valence-corrected chi connectivity index (χ4v) is 2.21. The molecule has 0 atom stereocenters. The van der Waals surface area contributed by atoms with E-state index in [1.54, 1.807) is 11.6 Å². The Morgan fingerprint density at radius 3 is 3.08 bits per heavy atom. The Morgan fingerprint density at radius 2 is 2.31 bits per heavy atom. The van der Waals surface area contributed by atoms with Gasteiger partial charge in [0, 0.05) is 0 Å². The highest BCUT2D eigenvalue weighted by molar-refractivity contribution is 7.17. The number of nitrogens with zero attached hydrogens (tertiary/aromatic N) is 1. The van der Waals surface area contributed by atoms with Crippen LogP contribution in [-0.4, -0.2) is 10.1 Å². The molecule has 0 aliphatic rings. The Hall–Kier alpha value is -1.09. The molecule has 0 spiro atoms. The molecule has 1 aromatic carbocycles. The first-order chi connectivity index (χ1) is 6.33. The Labute approximate surface area is 80.9 Å². The Balaban J connectivity index is 2.64. The van der Waals surface area contributed by atoms with Crippen LogP contribution in [0.3, 0.4) is 0 Å². The van der Waals surface area contributed by atoms with Crippen molar-refractivity contribution in [2.45, 2.75) is 19.8 Å². The second-order valence-electron chi connectivity index (χ2n) is 3.02. The van der Waals surface area contributed by atoms with Crippen LogP contribution in [0.1, 0.15) is 18.9 Å². The van der Waals surface area contributed by atoms with Crippen molar-refractivity contribution < 1.29 is 5.11 Å². The molecule has 0 unspecified atom stereocenters. The first-order valence-electron chi connectivity index (χ1n) is 4.37. The van der Waals surface area contributed by atoms with Crippen molar-refractivity contribution in [2.24, 2.45) is 0 Å². The van der Waals surface area contributed by atoms with E-state index in [1.165, 1.54) is 16.9 Å². The number of phenols is 1. The van der Waals surface area contributed by atoms with E-state index < -0.39 is 0 Å². The van der Waals surface area contributed by atoms with Gasteiger partial charge >= 0.3 is 0 Å². The molecule has 0 aliphatic heterocycles. The van der Waals surface area contributed by atoms with Crippen molar-refractivity contribution in [3.05, 3.63) is 23.2 Å². The molecule has 1 aromatic heterocycles. The van der Waals surface area contributed by atoms with Gasteiger partial charge in [0.25, 0.3) is 0 Å². The van der Waals surface area contributed by atoms with Crippen LogP contribution in [0.5, 0.6) is 5.75 Å². The predicted octanol–water partition coefficient (Wildman–Crippen LogP) is 2.95. The molecule has 2 rings (SSSR count). The van der Waals surface area contributed by atoms with Crippen molar-refractivity contribution in [1.29, 1.82) is 0 Å². The predicted molar refractivity (Wildman–Crippen MR) is 55.3 cm³/mol. The maximum atomic E-state index is 9.52. The SMILES string of the molecule is CCCc1ccc(O)c2scnc12. The van der Waals surface area contributed by atoms with E-state index >= 15 is 0 Å². The van der Waals surface area contributed by atoms with Gasteiger partial charge in [0.15, 0.2) is 0 Å². The van der Waals surface area contributed by atoms with E-state index in [0.717, 1.165) is 23.1 Å². The van der Waals surface area contributed by atoms with Gasteiger partial charge in [-0.3, -0.25) is 0 Å². The maximum Gasteiger partial charge on any atom is 0.135 e. The van der Waals surface area contributed by atoms with Gasteiger partial charge in [-0.05, 0) is 18.1 Å². The van der Waals surface area contributed by atoms with Gasteiger partial charge < -0.3 is 5.11 Å². The van der Waals surface area contributed by atoms with Crippen LogP contribution in [0.25, 0.3) is 10.2 Å². The van der Waals surface area contributed by atoms with Crippen LogP contribution in [0.2, 0.25) is 0 Å². The van der Waals surface area contributed by atoms with Crippen LogP contribution in [0.15, 0.2) is 17.6 Å². The summed E-state index contributed by atoms with van der Waals surface area (Å²) in [5.74, 6) is 0.345. The van der Waals surface area contributed by atoms with E-state index in [0.29, 0.717) is 5.75 Å². The summed E-state index contributed by atoms with van der Waals surface area (Å²) in [5.41, 5.74) is 3.98. The minimum atomic E-state index is 0.345. The van der Waals surface area contributed by atoms with Crippen LogP contribution in [0.4, 0.5) is 0 Å². The normalized spacial score (nSPS) is 10.8. The minimum Gasteiger partial charge on any atom is -0.506 e. The molecular formula is C10H11NOS. The first kappa shape index (κ1) is 8.51. The summed E-state index contributed by atoms with van der Waals surface area (Å²) in [6.45, 7) is 2.14. The number of hydrogen-bond acceptors (Lipinski definition) is 3. The van der Waals surface area contributed by atoms with Gasteiger partial charge in [-0.2, -0.15) is 0 Å². The van der Waals surface area contributed by atoms with Gasteiger partial charge in [0.05, 0.1) is 15.7 Å². The third-order valence-electron chi connectivity index (χ3n) is 2.07. The van der Waals surface area contributed by atoms with Gasteiger partial charge in [-0.15, -0.1) is 11.3 Å². The summed E-state index contributed by atoms with van der Waals surface area (Å²) in [5, 5.41) is 9.52. The van der Waals surface area contributed by atoms with E-state index in [4.69, 9.17) is 0 Å². The molecule has 0 bridgehead atoms. The van der Waals surface area contributed by atoms with Gasteiger partial charge in [0.2, 0.25) is 0 Å². The summed E-state index contributed by atoms with van der Waals surface area (Å²) in [6, 6.07) is 3.71. The van der Waals surface area contributed by atoms with Crippen LogP contribution >= 0.6 is 11.3 Å². The number of aromatic nitrogens is 1. The van der Waals surface area contributed by atoms with Gasteiger partial charge in [-0.25, -0.2) is 4.98 Å². The highest BCUT2D eigenvalue weighted by Gasteiger charge is 2.06. The lowest BCUT2D eigenvalue weighted by atomic mass is 10.1. The van der Waals surface area contributed by atoms with Crippen LogP contribution in [-0.2, 0) is 6.42 Å². The Morgan fingerprint density at radius 1 is 1.46 bits per heavy atom. The Bertz CT molecular complexity index is 422. The number of fused-ring (bicyclic) bond motifs is 1. The maximum absolute atomic E-state index is 9.52. The topological polar surface area (TPSA) is 33.1 Å². The van der Waals surface area contributed by atoms with E-state index in [9.17, 15) is 5.11 Å². The zero-order valence-corrected chi connectivity index (χ0v) is 8.27. The third kappa shape index (κ3) is 1.40. The number of hydrogen-bond donors (Lipinski definition) is 1. The standard InChI is InChI=1S/C10H11NOS/c1-2-3-7-4-5-8(12)10-9(7)11-6-13-10/h4-6,12H,2-3H2,1H3. The molecule has 0 amide bonds. The summed E-state index contributed by atoms with van der Waals surface area (Å²) < 4.78 is 0.908. The van der Waals surface area contributed by atoms with Crippen molar-refractivity contribution in [3.8, 4) is 5.75 Å². The molecule has 3 heteroatoms. The van der Waals surface area contributed by atoms with E-state index in [-0.39, 0.29) is 0 Å². The highest BCUT2D eigenvalue weighted by atomic mass is 32.1. The molecule has 1 heterocycles. The van der Waals surface area contributed by atoms with E-state index in [2.05, 4.69) is 11.9 Å². The smallest absolute Gasteiger partial charge is 0.135 e. The second kappa shape index (κ2) is 3.34. The molecule has 68 valence electrons. The quantitative estimate of drug-likeness (QED) is 0.795. The largest absolute Gasteiger partial charge is 0.506 e. The average Bonchev–Trinajstić information content (AvgIpc) is 2.59. The minimum absolute atomic E-state index is 0.345. The van der Waals surface area contributed by atoms with E-state index in [1.807, 2.05) is 6.07 Å². The number of aryl methyl sites for hydroxylation is 1. The third-order valence-corrected chi connectivity index (χ3v) is 2.91. The van der Waals surface area contributed by atoms with Gasteiger partial charge in [-0.1, -0.05) is 19.4 Å². The van der Waals surface area contributed by atoms with Gasteiger partial charge in [0.1, 0.15) is 5.75 Å². The molecule has 2 aromatic rings. The zero-order chi connectivity index (χ0) is 9.26. The van der Waals surface area contributed by atoms with Crippen molar-refractivity contribution in [3.63, 3.8) is 0 Å². The molecule has 0 aliphatic carbocycles. The molecule has 0 saturated heterocycles. The first-order valence-corrected chi connectivity index (χ1v) is 5.25. The van der Waals surface area contributed by atoms with Crippen LogP contribution < -0.4 is 0 Å². The summed E-state index contributed by atoms with van der Waals surface area (Å²) >= 11 is 1.49. The zero-order valence-electron chi connectivity index (χ0n) is 7.45. The molecule has 1 N–H and O–H groups in total. The number of benzene rings is 1. The number of thiazole rings is 1. The lowest BCUT2D eigenvalue weighted by Crippen LogP contribution is -1.84. The van der Waals surface area contributed by atoms with Crippen molar-refractivity contribution >= 4 is 21.6 Å². The highest BCUT2D eigenvalue weighted by Crippen LogP contribution is 2.30. The molecule has 0 radical (unpaired) electrons. The van der Waals surface area contributed by atoms with Crippen molar-refractivity contribution in [1.82, 2.24) is 4.98 Å². The summed E-state index contributed by atoms with van der Waals surface area (Å²) in [4.78, 5) is 4.26. The molecular weight excluding hydrogens is 182 g/mol. The number of aromatic hydroxyl groups is 1. The lowest BCUT2D eigenvalue weighted by molar-refractivity contribution is 0.482. The fraction of sp³-hybridized carbons (Fsp3) is 0.300. The number of phenolic OH excluding ortho intramolecular Hbond substituents is 1. The van der Waals surface area contributed by atoms with Crippen LogP contribution in [0, 0.1) is 0 Å². The molecule has 2 nitrogen and oxygen atoms in total. The monoisotopic (exact) mass is 193 g/mol. The Kier molecular flexibility index (Phi) is 2.19. The fourth-order valence-electron chi connectivity index (χ4n) is 1.46.